The molecule has 0 aliphatic heterocycles. The second-order valence-electron chi connectivity index (χ2n) is 8.23. The smallest absolute Gasteiger partial charge is 0.232 e. The van der Waals surface area contributed by atoms with Gasteiger partial charge < -0.3 is 5.32 Å². The Labute approximate surface area is 174 Å². The van der Waals surface area contributed by atoms with Crippen molar-refractivity contribution in [3.63, 3.8) is 0 Å². The Morgan fingerprint density at radius 1 is 1.21 bits per heavy atom. The molecule has 150 valence electrons. The van der Waals surface area contributed by atoms with Gasteiger partial charge in [-0.05, 0) is 80.0 Å². The van der Waals surface area contributed by atoms with Gasteiger partial charge in [-0.3, -0.25) is 4.55 Å². The standard InChI is InChI=1S/C22H27ClN2O2S/c1-24-21-13-17-7-6-16(14-22(8-3-9-22)25-28(26)27)12-19(17)20(21)11-15-4-2-5-18(23)10-15/h2,4-7,10,12,20-21,24-25H,3,8-9,11,13-14H2,1H3,(H,26,27). The average molecular weight is 419 g/mol. The van der Waals surface area contributed by atoms with E-state index in [0.717, 1.165) is 43.5 Å². The van der Waals surface area contributed by atoms with Crippen LogP contribution in [0, 0.1) is 0 Å². The van der Waals surface area contributed by atoms with Crippen molar-refractivity contribution in [3.05, 3.63) is 69.7 Å². The molecule has 28 heavy (non-hydrogen) atoms. The van der Waals surface area contributed by atoms with Crippen LogP contribution in [0.1, 0.15) is 47.4 Å². The Morgan fingerprint density at radius 3 is 2.68 bits per heavy atom. The van der Waals surface area contributed by atoms with E-state index in [0.29, 0.717) is 12.0 Å². The lowest BCUT2D eigenvalue weighted by Crippen LogP contribution is -2.53. The molecular formula is C22H27ClN2O2S. The third kappa shape index (κ3) is 4.19. The molecule has 2 aliphatic carbocycles. The van der Waals surface area contributed by atoms with Gasteiger partial charge in [-0.15, -0.1) is 0 Å². The van der Waals surface area contributed by atoms with Crippen LogP contribution in [-0.4, -0.2) is 27.4 Å². The maximum atomic E-state index is 11.3. The Kier molecular flexibility index (Phi) is 5.91. The minimum absolute atomic E-state index is 0.239. The second kappa shape index (κ2) is 8.25. The summed E-state index contributed by atoms with van der Waals surface area (Å²) in [6, 6.07) is 15.3. The molecule has 0 aromatic heterocycles. The summed E-state index contributed by atoms with van der Waals surface area (Å²) in [5, 5.41) is 4.27. The molecular weight excluding hydrogens is 392 g/mol. The number of hydrogen-bond acceptors (Lipinski definition) is 2. The molecule has 0 saturated heterocycles. The molecule has 4 nitrogen and oxygen atoms in total. The zero-order valence-corrected chi connectivity index (χ0v) is 17.7. The van der Waals surface area contributed by atoms with E-state index in [1.165, 1.54) is 22.3 Å². The first-order valence-electron chi connectivity index (χ1n) is 9.90. The number of halogens is 1. The maximum Gasteiger partial charge on any atom is 0.232 e. The highest BCUT2D eigenvalue weighted by molar-refractivity contribution is 7.77. The van der Waals surface area contributed by atoms with Gasteiger partial charge in [0.1, 0.15) is 0 Å². The van der Waals surface area contributed by atoms with Gasteiger partial charge in [0.2, 0.25) is 11.3 Å². The van der Waals surface area contributed by atoms with Gasteiger partial charge in [0.15, 0.2) is 0 Å². The minimum atomic E-state index is -1.97. The van der Waals surface area contributed by atoms with Crippen LogP contribution in [0.15, 0.2) is 42.5 Å². The van der Waals surface area contributed by atoms with Crippen LogP contribution in [-0.2, 0) is 30.5 Å². The SMILES string of the molecule is CNC1Cc2ccc(CC3(NS(=O)O)CCC3)cc2C1Cc1cccc(Cl)c1. The van der Waals surface area contributed by atoms with Crippen molar-refractivity contribution in [3.8, 4) is 0 Å². The minimum Gasteiger partial charge on any atom is -0.316 e. The van der Waals surface area contributed by atoms with Crippen molar-refractivity contribution in [2.45, 2.75) is 56.0 Å². The quantitative estimate of drug-likeness (QED) is 0.595. The van der Waals surface area contributed by atoms with Gasteiger partial charge in [0, 0.05) is 22.5 Å². The molecule has 1 fully saturated rings. The number of benzene rings is 2. The Hall–Kier alpha value is -1.24. The van der Waals surface area contributed by atoms with E-state index in [2.05, 4.69) is 40.4 Å². The summed E-state index contributed by atoms with van der Waals surface area (Å²) in [7, 11) is 2.03. The van der Waals surface area contributed by atoms with Crippen molar-refractivity contribution >= 4 is 22.9 Å². The van der Waals surface area contributed by atoms with Gasteiger partial charge in [-0.2, -0.15) is 0 Å². The van der Waals surface area contributed by atoms with Gasteiger partial charge >= 0.3 is 0 Å². The predicted octanol–water partition coefficient (Wildman–Crippen LogP) is 4.00. The normalized spacial score (nSPS) is 23.8. The Morgan fingerprint density at radius 2 is 2.04 bits per heavy atom. The highest BCUT2D eigenvalue weighted by Crippen LogP contribution is 2.39. The molecule has 3 unspecified atom stereocenters. The molecule has 0 radical (unpaired) electrons. The fourth-order valence-corrected chi connectivity index (χ4v) is 5.71. The van der Waals surface area contributed by atoms with Gasteiger partial charge in [0.05, 0.1) is 0 Å². The molecule has 3 N–H and O–H groups in total. The first-order valence-corrected chi connectivity index (χ1v) is 11.4. The number of rotatable bonds is 7. The molecule has 2 aliphatic rings. The molecule has 0 heterocycles. The van der Waals surface area contributed by atoms with Crippen LogP contribution >= 0.6 is 11.6 Å². The molecule has 2 aromatic rings. The lowest BCUT2D eigenvalue weighted by molar-refractivity contribution is 0.219. The van der Waals surface area contributed by atoms with E-state index >= 15 is 0 Å². The third-order valence-electron chi connectivity index (χ3n) is 6.41. The first-order chi connectivity index (χ1) is 13.5. The van der Waals surface area contributed by atoms with Crippen molar-refractivity contribution in [2.24, 2.45) is 0 Å². The summed E-state index contributed by atoms with van der Waals surface area (Å²) in [5.74, 6) is 0.399. The van der Waals surface area contributed by atoms with E-state index in [1.54, 1.807) is 0 Å². The Bertz CT molecular complexity index is 885. The number of nitrogens with one attached hydrogen (secondary N) is 2. The van der Waals surface area contributed by atoms with Crippen LogP contribution in [0.5, 0.6) is 0 Å². The molecule has 0 amide bonds. The number of hydrogen-bond donors (Lipinski definition) is 3. The highest BCUT2D eigenvalue weighted by atomic mass is 35.5. The predicted molar refractivity (Wildman–Crippen MR) is 115 cm³/mol. The topological polar surface area (TPSA) is 61.4 Å². The van der Waals surface area contributed by atoms with Crippen molar-refractivity contribution in [2.75, 3.05) is 7.05 Å². The molecule has 3 atom stereocenters. The summed E-state index contributed by atoms with van der Waals surface area (Å²) in [6.07, 6.45) is 5.77. The molecule has 6 heteroatoms. The highest BCUT2D eigenvalue weighted by Gasteiger charge is 2.39. The summed E-state index contributed by atoms with van der Waals surface area (Å²) in [5.41, 5.74) is 5.05. The summed E-state index contributed by atoms with van der Waals surface area (Å²) >= 11 is 4.22. The van der Waals surface area contributed by atoms with Crippen LogP contribution in [0.2, 0.25) is 5.02 Å². The number of likely N-dealkylation sites (N-methyl/N-ethyl adjacent to an activating group) is 1. The van der Waals surface area contributed by atoms with Gasteiger partial charge in [-0.1, -0.05) is 41.9 Å². The molecule has 4 rings (SSSR count). The number of fused-ring (bicyclic) bond motifs is 1. The summed E-state index contributed by atoms with van der Waals surface area (Å²) < 4.78 is 23.5. The van der Waals surface area contributed by atoms with Crippen LogP contribution in [0.3, 0.4) is 0 Å². The van der Waals surface area contributed by atoms with Crippen LogP contribution in [0.4, 0.5) is 0 Å². The van der Waals surface area contributed by atoms with E-state index < -0.39 is 11.3 Å². The lowest BCUT2D eigenvalue weighted by Gasteiger charge is -2.41. The fourth-order valence-electron chi connectivity index (χ4n) is 4.85. The van der Waals surface area contributed by atoms with Crippen LogP contribution < -0.4 is 10.0 Å². The largest absolute Gasteiger partial charge is 0.316 e. The van der Waals surface area contributed by atoms with E-state index in [4.69, 9.17) is 11.6 Å². The molecule has 0 spiro atoms. The molecule has 2 aromatic carbocycles. The van der Waals surface area contributed by atoms with Crippen molar-refractivity contribution < 1.29 is 8.76 Å². The second-order valence-corrected chi connectivity index (χ2v) is 9.37. The van der Waals surface area contributed by atoms with E-state index in [-0.39, 0.29) is 5.54 Å². The molecule has 0 bridgehead atoms. The third-order valence-corrected chi connectivity index (χ3v) is 7.25. The molecule has 1 saturated carbocycles. The zero-order chi connectivity index (χ0) is 19.7. The Balaban J connectivity index is 1.59. The van der Waals surface area contributed by atoms with Gasteiger partial charge in [-0.25, -0.2) is 8.93 Å². The lowest BCUT2D eigenvalue weighted by atomic mass is 9.73. The first kappa shape index (κ1) is 20.0. The summed E-state index contributed by atoms with van der Waals surface area (Å²) in [4.78, 5) is 0. The van der Waals surface area contributed by atoms with E-state index in [1.807, 2.05) is 19.2 Å². The van der Waals surface area contributed by atoms with Crippen molar-refractivity contribution in [1.29, 1.82) is 0 Å². The fraction of sp³-hybridized carbons (Fsp3) is 0.455. The van der Waals surface area contributed by atoms with Gasteiger partial charge in [0.25, 0.3) is 0 Å². The van der Waals surface area contributed by atoms with Crippen molar-refractivity contribution in [1.82, 2.24) is 10.0 Å². The maximum absolute atomic E-state index is 11.3. The van der Waals surface area contributed by atoms with Crippen LogP contribution in [0.25, 0.3) is 0 Å². The zero-order valence-electron chi connectivity index (χ0n) is 16.1. The monoisotopic (exact) mass is 418 g/mol. The average Bonchev–Trinajstić information content (AvgIpc) is 2.96. The summed E-state index contributed by atoms with van der Waals surface area (Å²) in [6.45, 7) is 0. The van der Waals surface area contributed by atoms with E-state index in [9.17, 15) is 8.76 Å².